The highest BCUT2D eigenvalue weighted by Gasteiger charge is 2.03. The van der Waals surface area contributed by atoms with Crippen LogP contribution < -0.4 is 5.32 Å². The van der Waals surface area contributed by atoms with Gasteiger partial charge in [-0.25, -0.2) is 9.97 Å². The molecular formula is C10H14N4O. The number of carbonyl (C=O) groups excluding carboxylic acids is 1. The van der Waals surface area contributed by atoms with E-state index in [4.69, 9.17) is 0 Å². The molecule has 1 N–H and O–H groups in total. The van der Waals surface area contributed by atoms with Gasteiger partial charge in [0.05, 0.1) is 11.3 Å². The summed E-state index contributed by atoms with van der Waals surface area (Å²) in [4.78, 5) is 20.8. The Balaban J connectivity index is 3.07. The van der Waals surface area contributed by atoms with Gasteiger partial charge in [0, 0.05) is 33.5 Å². The van der Waals surface area contributed by atoms with Crippen LogP contribution in [0.2, 0.25) is 0 Å². The Morgan fingerprint density at radius 1 is 1.53 bits per heavy atom. The number of aromatic nitrogens is 2. The Labute approximate surface area is 88.8 Å². The Hall–Kier alpha value is -1.91. The van der Waals surface area contributed by atoms with Crippen molar-refractivity contribution in [3.05, 3.63) is 24.2 Å². The molecular weight excluding hydrogens is 192 g/mol. The standard InChI is InChI=1S/C10H14N4O/c1-11-10-12-5-4-9(13-10)8(7-15)6-14(2)3/h4-7H,1-3H3,(H,11,12,13). The van der Waals surface area contributed by atoms with E-state index in [0.717, 1.165) is 6.29 Å². The van der Waals surface area contributed by atoms with E-state index in [2.05, 4.69) is 15.3 Å². The van der Waals surface area contributed by atoms with Gasteiger partial charge in [-0.2, -0.15) is 0 Å². The topological polar surface area (TPSA) is 58.1 Å². The second-order valence-electron chi connectivity index (χ2n) is 3.18. The molecule has 0 aliphatic rings. The van der Waals surface area contributed by atoms with Gasteiger partial charge in [-0.05, 0) is 6.07 Å². The van der Waals surface area contributed by atoms with Crippen molar-refractivity contribution in [3.63, 3.8) is 0 Å². The summed E-state index contributed by atoms with van der Waals surface area (Å²) >= 11 is 0. The van der Waals surface area contributed by atoms with Gasteiger partial charge in [0.25, 0.3) is 0 Å². The molecule has 5 heteroatoms. The summed E-state index contributed by atoms with van der Waals surface area (Å²) in [7, 11) is 5.43. The van der Waals surface area contributed by atoms with E-state index in [1.807, 2.05) is 14.1 Å². The van der Waals surface area contributed by atoms with E-state index < -0.39 is 0 Å². The van der Waals surface area contributed by atoms with Crippen molar-refractivity contribution in [3.8, 4) is 0 Å². The van der Waals surface area contributed by atoms with Crippen molar-refractivity contribution in [1.29, 1.82) is 0 Å². The fourth-order valence-electron chi connectivity index (χ4n) is 1.08. The number of nitrogens with zero attached hydrogens (tertiary/aromatic N) is 3. The minimum atomic E-state index is 0.499. The van der Waals surface area contributed by atoms with Crippen LogP contribution in [0.25, 0.3) is 5.57 Å². The van der Waals surface area contributed by atoms with Gasteiger partial charge in [-0.3, -0.25) is 4.79 Å². The average Bonchev–Trinajstić information content (AvgIpc) is 2.25. The van der Waals surface area contributed by atoms with Crippen LogP contribution in [0.5, 0.6) is 0 Å². The molecule has 80 valence electrons. The van der Waals surface area contributed by atoms with E-state index in [-0.39, 0.29) is 0 Å². The SMILES string of the molecule is CNc1nccc(C(C=O)=CN(C)C)n1. The molecule has 0 unspecified atom stereocenters. The second kappa shape index (κ2) is 5.09. The Kier molecular flexibility index (Phi) is 3.79. The van der Waals surface area contributed by atoms with Crippen molar-refractivity contribution in [2.75, 3.05) is 26.5 Å². The zero-order chi connectivity index (χ0) is 11.3. The highest BCUT2D eigenvalue weighted by molar-refractivity contribution is 6.05. The van der Waals surface area contributed by atoms with Crippen LogP contribution in [0.15, 0.2) is 18.5 Å². The zero-order valence-electron chi connectivity index (χ0n) is 9.06. The predicted octanol–water partition coefficient (Wildman–Crippen LogP) is 0.620. The number of nitrogens with one attached hydrogen (secondary N) is 1. The summed E-state index contributed by atoms with van der Waals surface area (Å²) < 4.78 is 0. The van der Waals surface area contributed by atoms with E-state index in [1.54, 1.807) is 30.4 Å². The fourth-order valence-corrected chi connectivity index (χ4v) is 1.08. The van der Waals surface area contributed by atoms with Crippen molar-refractivity contribution >= 4 is 17.8 Å². The molecule has 0 bridgehead atoms. The first-order chi connectivity index (χ1) is 7.17. The van der Waals surface area contributed by atoms with Gasteiger partial charge in [0.1, 0.15) is 0 Å². The molecule has 0 aliphatic heterocycles. The van der Waals surface area contributed by atoms with Crippen molar-refractivity contribution in [1.82, 2.24) is 14.9 Å². The maximum absolute atomic E-state index is 10.9. The maximum atomic E-state index is 10.9. The summed E-state index contributed by atoms with van der Waals surface area (Å²) in [6, 6.07) is 1.70. The van der Waals surface area contributed by atoms with Crippen LogP contribution in [0.1, 0.15) is 5.69 Å². The molecule has 1 heterocycles. The number of rotatable bonds is 4. The second-order valence-corrected chi connectivity index (χ2v) is 3.18. The van der Waals surface area contributed by atoms with Crippen molar-refractivity contribution in [2.45, 2.75) is 0 Å². The normalized spacial score (nSPS) is 11.0. The molecule has 0 aromatic carbocycles. The Bertz CT molecular complexity index is 373. The van der Waals surface area contributed by atoms with Gasteiger partial charge in [-0.1, -0.05) is 0 Å². The van der Waals surface area contributed by atoms with Crippen LogP contribution in [-0.4, -0.2) is 42.3 Å². The lowest BCUT2D eigenvalue weighted by molar-refractivity contribution is -0.103. The number of hydrogen-bond donors (Lipinski definition) is 1. The van der Waals surface area contributed by atoms with Crippen LogP contribution in [0.4, 0.5) is 5.95 Å². The summed E-state index contributed by atoms with van der Waals surface area (Å²) in [5.41, 5.74) is 1.14. The highest BCUT2D eigenvalue weighted by Crippen LogP contribution is 2.10. The zero-order valence-corrected chi connectivity index (χ0v) is 9.06. The van der Waals surface area contributed by atoms with Gasteiger partial charge >= 0.3 is 0 Å². The lowest BCUT2D eigenvalue weighted by Gasteiger charge is -2.07. The molecule has 1 aromatic rings. The Morgan fingerprint density at radius 2 is 2.27 bits per heavy atom. The molecule has 1 aromatic heterocycles. The molecule has 0 atom stereocenters. The summed E-state index contributed by atoms with van der Waals surface area (Å²) in [5.74, 6) is 0.499. The first kappa shape index (κ1) is 11.2. The molecule has 0 saturated heterocycles. The lowest BCUT2D eigenvalue weighted by atomic mass is 10.2. The van der Waals surface area contributed by atoms with Gasteiger partial charge < -0.3 is 10.2 Å². The molecule has 0 fully saturated rings. The van der Waals surface area contributed by atoms with E-state index in [9.17, 15) is 4.79 Å². The third-order valence-electron chi connectivity index (χ3n) is 1.70. The van der Waals surface area contributed by atoms with Gasteiger partial charge in [-0.15, -0.1) is 0 Å². The van der Waals surface area contributed by atoms with E-state index in [0.29, 0.717) is 17.2 Å². The minimum absolute atomic E-state index is 0.499. The first-order valence-corrected chi connectivity index (χ1v) is 4.52. The van der Waals surface area contributed by atoms with Crippen LogP contribution in [0.3, 0.4) is 0 Å². The maximum Gasteiger partial charge on any atom is 0.222 e. The summed E-state index contributed by atoms with van der Waals surface area (Å²) in [6.07, 6.45) is 4.11. The molecule has 5 nitrogen and oxygen atoms in total. The lowest BCUT2D eigenvalue weighted by Crippen LogP contribution is -2.05. The quantitative estimate of drug-likeness (QED) is 0.578. The predicted molar refractivity (Wildman–Crippen MR) is 59.3 cm³/mol. The molecule has 0 radical (unpaired) electrons. The molecule has 0 saturated carbocycles. The fraction of sp³-hybridized carbons (Fsp3) is 0.300. The highest BCUT2D eigenvalue weighted by atomic mass is 16.1. The number of aldehydes is 1. The largest absolute Gasteiger partial charge is 0.383 e. The molecule has 1 rings (SSSR count). The number of carbonyl (C=O) groups is 1. The smallest absolute Gasteiger partial charge is 0.222 e. The molecule has 0 spiro atoms. The molecule has 15 heavy (non-hydrogen) atoms. The van der Waals surface area contributed by atoms with Gasteiger partial charge in [0.2, 0.25) is 5.95 Å². The monoisotopic (exact) mass is 206 g/mol. The van der Waals surface area contributed by atoms with E-state index >= 15 is 0 Å². The third kappa shape index (κ3) is 3.05. The molecule has 0 amide bonds. The third-order valence-corrected chi connectivity index (χ3v) is 1.70. The van der Waals surface area contributed by atoms with Crippen molar-refractivity contribution in [2.24, 2.45) is 0 Å². The first-order valence-electron chi connectivity index (χ1n) is 4.52. The van der Waals surface area contributed by atoms with Crippen LogP contribution in [-0.2, 0) is 4.79 Å². The average molecular weight is 206 g/mol. The molecule has 0 aliphatic carbocycles. The minimum Gasteiger partial charge on any atom is -0.383 e. The summed E-state index contributed by atoms with van der Waals surface area (Å²) in [5, 5.41) is 2.82. The van der Waals surface area contributed by atoms with Gasteiger partial charge in [0.15, 0.2) is 6.29 Å². The van der Waals surface area contributed by atoms with Crippen molar-refractivity contribution < 1.29 is 4.79 Å². The number of allylic oxidation sites excluding steroid dienone is 1. The number of anilines is 1. The summed E-state index contributed by atoms with van der Waals surface area (Å²) in [6.45, 7) is 0. The number of hydrogen-bond acceptors (Lipinski definition) is 5. The Morgan fingerprint density at radius 3 is 2.80 bits per heavy atom. The van der Waals surface area contributed by atoms with Crippen LogP contribution >= 0.6 is 0 Å². The van der Waals surface area contributed by atoms with E-state index in [1.165, 1.54) is 0 Å². The van der Waals surface area contributed by atoms with Crippen LogP contribution in [0, 0.1) is 0 Å².